The van der Waals surface area contributed by atoms with Gasteiger partial charge in [0.25, 0.3) is 10.0 Å². The van der Waals surface area contributed by atoms with Gasteiger partial charge in [-0.3, -0.25) is 4.72 Å². The van der Waals surface area contributed by atoms with Gasteiger partial charge in [-0.15, -0.1) is 0 Å². The van der Waals surface area contributed by atoms with Crippen LogP contribution < -0.4 is 9.62 Å². The molecule has 1 aromatic heterocycles. The number of hydrogen-bond acceptors (Lipinski definition) is 5. The second-order valence-corrected chi connectivity index (χ2v) is 10.6. The summed E-state index contributed by atoms with van der Waals surface area (Å²) in [5.41, 5.74) is 0.367. The number of nitrogens with one attached hydrogen (secondary N) is 1. The molecule has 0 spiro atoms. The van der Waals surface area contributed by atoms with Crippen LogP contribution in [0.2, 0.25) is 10.0 Å². The lowest BCUT2D eigenvalue weighted by Crippen LogP contribution is -2.47. The summed E-state index contributed by atoms with van der Waals surface area (Å²) >= 11 is 12.4. The van der Waals surface area contributed by atoms with E-state index in [4.69, 9.17) is 23.2 Å². The average molecular weight is 491 g/mol. The van der Waals surface area contributed by atoms with Crippen LogP contribution in [0.5, 0.6) is 0 Å². The van der Waals surface area contributed by atoms with Crippen LogP contribution in [0.1, 0.15) is 13.3 Å². The van der Waals surface area contributed by atoms with Crippen molar-refractivity contribution in [3.8, 4) is 0 Å². The van der Waals surface area contributed by atoms with Gasteiger partial charge in [-0.25, -0.2) is 17.8 Å². The molecule has 1 N–H and O–H groups in total. The second kappa shape index (κ2) is 8.69. The topological polar surface area (TPSA) is 65.5 Å². The fourth-order valence-electron chi connectivity index (χ4n) is 4.24. The molecule has 1 unspecified atom stereocenters. The highest BCUT2D eigenvalue weighted by Crippen LogP contribution is 2.40. The third kappa shape index (κ3) is 4.74. The fourth-order valence-corrected chi connectivity index (χ4v) is 6.20. The third-order valence-corrected chi connectivity index (χ3v) is 7.79. The zero-order valence-electron chi connectivity index (χ0n) is 16.8. The van der Waals surface area contributed by atoms with E-state index in [1.165, 1.54) is 18.2 Å². The molecule has 11 heteroatoms. The Bertz CT molecular complexity index is 1100. The van der Waals surface area contributed by atoms with Crippen molar-refractivity contribution in [2.75, 3.05) is 42.3 Å². The van der Waals surface area contributed by atoms with Crippen molar-refractivity contribution in [1.82, 2.24) is 9.88 Å². The van der Waals surface area contributed by atoms with Crippen LogP contribution in [0.15, 0.2) is 29.2 Å². The molecule has 0 bridgehead atoms. The van der Waals surface area contributed by atoms with Crippen molar-refractivity contribution in [2.24, 2.45) is 11.8 Å². The Kier molecular flexibility index (Phi) is 6.31. The van der Waals surface area contributed by atoms with E-state index < -0.39 is 26.7 Å². The van der Waals surface area contributed by atoms with Crippen LogP contribution in [0.3, 0.4) is 0 Å². The van der Waals surface area contributed by atoms with Gasteiger partial charge in [0.15, 0.2) is 5.82 Å². The van der Waals surface area contributed by atoms with E-state index in [2.05, 4.69) is 16.8 Å². The molecule has 168 valence electrons. The predicted molar refractivity (Wildman–Crippen MR) is 117 cm³/mol. The molecular formula is C20H22Cl2F2N4O2S. The van der Waals surface area contributed by atoms with Gasteiger partial charge in [-0.05, 0) is 36.5 Å². The molecule has 0 amide bonds. The highest BCUT2D eigenvalue weighted by atomic mass is 35.5. The van der Waals surface area contributed by atoms with Crippen LogP contribution in [-0.2, 0) is 10.0 Å². The summed E-state index contributed by atoms with van der Waals surface area (Å²) in [6.45, 7) is 6.76. The van der Waals surface area contributed by atoms with Gasteiger partial charge in [0.05, 0.1) is 10.7 Å². The van der Waals surface area contributed by atoms with E-state index >= 15 is 4.39 Å². The Balaban J connectivity index is 1.55. The molecule has 2 aliphatic rings. The molecule has 1 aromatic carbocycles. The number of sulfonamides is 1. The average Bonchev–Trinajstić information content (AvgIpc) is 3.11. The van der Waals surface area contributed by atoms with Gasteiger partial charge in [0.2, 0.25) is 5.95 Å². The maximum atomic E-state index is 15.1. The molecule has 4 rings (SSSR count). The third-order valence-electron chi connectivity index (χ3n) is 5.60. The minimum absolute atomic E-state index is 0.293. The van der Waals surface area contributed by atoms with Gasteiger partial charge in [-0.1, -0.05) is 36.2 Å². The molecule has 2 saturated heterocycles. The molecule has 2 fully saturated rings. The maximum Gasteiger partial charge on any atom is 0.267 e. The summed E-state index contributed by atoms with van der Waals surface area (Å²) in [5.74, 6) is -1.16. The summed E-state index contributed by atoms with van der Waals surface area (Å²) in [7, 11) is -4.48. The van der Waals surface area contributed by atoms with Crippen LogP contribution in [0, 0.1) is 23.6 Å². The van der Waals surface area contributed by atoms with Crippen molar-refractivity contribution < 1.29 is 17.2 Å². The molecule has 0 radical (unpaired) electrons. The lowest BCUT2D eigenvalue weighted by molar-refractivity contribution is 0.0960. The quantitative estimate of drug-likeness (QED) is 0.484. The number of aromatic nitrogens is 1. The fraction of sp³-hybridized carbons (Fsp3) is 0.450. The van der Waals surface area contributed by atoms with Crippen molar-refractivity contribution >= 4 is 44.7 Å². The van der Waals surface area contributed by atoms with Crippen molar-refractivity contribution in [1.29, 1.82) is 0 Å². The van der Waals surface area contributed by atoms with Gasteiger partial charge in [0.1, 0.15) is 15.7 Å². The SMILES string of the molecule is CC1CN(CC2CCN(c3cc(Cl)c(S(=O)(=O)Nc4cccc(F)n4)c(F)c3Cl)C2)C1. The minimum Gasteiger partial charge on any atom is -0.370 e. The number of likely N-dealkylation sites (tertiary alicyclic amines) is 1. The number of benzene rings is 1. The number of pyridine rings is 1. The zero-order chi connectivity index (χ0) is 22.3. The summed E-state index contributed by atoms with van der Waals surface area (Å²) < 4.78 is 55.8. The van der Waals surface area contributed by atoms with Crippen LogP contribution >= 0.6 is 23.2 Å². The Morgan fingerprint density at radius 1 is 1.23 bits per heavy atom. The minimum atomic E-state index is -4.48. The van der Waals surface area contributed by atoms with Crippen molar-refractivity contribution in [3.63, 3.8) is 0 Å². The molecule has 3 heterocycles. The Morgan fingerprint density at radius 2 is 1.97 bits per heavy atom. The van der Waals surface area contributed by atoms with Crippen LogP contribution in [0.4, 0.5) is 20.3 Å². The number of rotatable bonds is 6. The van der Waals surface area contributed by atoms with E-state index in [1.54, 1.807) is 0 Å². The second-order valence-electron chi connectivity index (χ2n) is 8.21. The molecule has 6 nitrogen and oxygen atoms in total. The van der Waals surface area contributed by atoms with E-state index in [0.717, 1.165) is 38.0 Å². The van der Waals surface area contributed by atoms with Gasteiger partial charge < -0.3 is 9.80 Å². The Morgan fingerprint density at radius 3 is 2.65 bits per heavy atom. The molecule has 1 atom stereocenters. The van der Waals surface area contributed by atoms with E-state index in [9.17, 15) is 12.8 Å². The van der Waals surface area contributed by atoms with E-state index in [1.807, 2.05) is 9.62 Å². The summed E-state index contributed by atoms with van der Waals surface area (Å²) in [5, 5.41) is -0.615. The summed E-state index contributed by atoms with van der Waals surface area (Å²) in [4.78, 5) is 6.97. The highest BCUT2D eigenvalue weighted by Gasteiger charge is 2.33. The monoisotopic (exact) mass is 490 g/mol. The summed E-state index contributed by atoms with van der Waals surface area (Å²) in [6, 6.07) is 4.95. The van der Waals surface area contributed by atoms with Crippen molar-refractivity contribution in [3.05, 3.63) is 46.1 Å². The van der Waals surface area contributed by atoms with E-state index in [0.29, 0.717) is 24.7 Å². The zero-order valence-corrected chi connectivity index (χ0v) is 19.1. The van der Waals surface area contributed by atoms with Crippen LogP contribution in [-0.4, -0.2) is 51.0 Å². The van der Waals surface area contributed by atoms with Crippen LogP contribution in [0.25, 0.3) is 0 Å². The molecule has 2 aromatic rings. The maximum absolute atomic E-state index is 15.1. The number of halogens is 4. The summed E-state index contributed by atoms with van der Waals surface area (Å²) in [6.07, 6.45) is 0.938. The predicted octanol–water partition coefficient (Wildman–Crippen LogP) is 4.25. The smallest absolute Gasteiger partial charge is 0.267 e. The van der Waals surface area contributed by atoms with E-state index in [-0.39, 0.29) is 15.9 Å². The Hall–Kier alpha value is -1.68. The molecule has 31 heavy (non-hydrogen) atoms. The first-order valence-electron chi connectivity index (χ1n) is 9.94. The Labute approximate surface area is 190 Å². The lowest BCUT2D eigenvalue weighted by atomic mass is 9.99. The standard InChI is InChI=1S/C20H22Cl2F2N4O2S/c1-12-8-27(9-12)10-13-5-6-28(11-13)15-7-14(21)20(19(24)18(15)22)31(29,30)26-17-4-2-3-16(23)25-17/h2-4,7,12-13H,5-6,8-11H2,1H3,(H,25,26). The molecule has 0 aliphatic carbocycles. The highest BCUT2D eigenvalue weighted by molar-refractivity contribution is 7.92. The largest absolute Gasteiger partial charge is 0.370 e. The number of hydrogen-bond donors (Lipinski definition) is 1. The normalized spacial score (nSPS) is 20.2. The first-order valence-corrected chi connectivity index (χ1v) is 12.2. The van der Waals surface area contributed by atoms with Gasteiger partial charge >= 0.3 is 0 Å². The number of nitrogens with zero attached hydrogens (tertiary/aromatic N) is 3. The van der Waals surface area contributed by atoms with Crippen molar-refractivity contribution in [2.45, 2.75) is 18.2 Å². The molecular weight excluding hydrogens is 469 g/mol. The molecule has 2 aliphatic heterocycles. The first-order chi connectivity index (χ1) is 14.6. The van der Waals surface area contributed by atoms with Gasteiger partial charge in [-0.2, -0.15) is 4.39 Å². The number of anilines is 2. The first kappa shape index (κ1) is 22.5. The molecule has 0 saturated carbocycles. The van der Waals surface area contributed by atoms with Gasteiger partial charge in [0, 0.05) is 32.7 Å². The lowest BCUT2D eigenvalue weighted by Gasteiger charge is -2.38.